The molecule has 0 amide bonds. The Bertz CT molecular complexity index is 419. The lowest BCUT2D eigenvalue weighted by Gasteiger charge is -2.23. The highest BCUT2D eigenvalue weighted by atomic mass is 16.5. The van der Waals surface area contributed by atoms with E-state index in [0.717, 1.165) is 38.4 Å². The van der Waals surface area contributed by atoms with Crippen LogP contribution in [0.5, 0.6) is 5.75 Å². The quantitative estimate of drug-likeness (QED) is 0.730. The summed E-state index contributed by atoms with van der Waals surface area (Å²) in [6, 6.07) is 9.89. The van der Waals surface area contributed by atoms with Crippen molar-refractivity contribution in [1.82, 2.24) is 4.90 Å². The second kappa shape index (κ2) is 5.72. The highest BCUT2D eigenvalue weighted by Gasteiger charge is 2.67. The van der Waals surface area contributed by atoms with Gasteiger partial charge >= 0.3 is 0 Å². The van der Waals surface area contributed by atoms with Crippen LogP contribution < -0.4 is 4.74 Å². The minimum atomic E-state index is -0.170. The van der Waals surface area contributed by atoms with Crippen LogP contribution in [0.15, 0.2) is 30.3 Å². The largest absolute Gasteiger partial charge is 0.494 e. The van der Waals surface area contributed by atoms with Gasteiger partial charge in [0, 0.05) is 25.0 Å². The molecule has 1 aromatic carbocycles. The summed E-state index contributed by atoms with van der Waals surface area (Å²) in [4.78, 5) is 2.42. The van der Waals surface area contributed by atoms with Gasteiger partial charge in [-0.3, -0.25) is 0 Å². The zero-order chi connectivity index (χ0) is 14.0. The molecule has 2 unspecified atom stereocenters. The van der Waals surface area contributed by atoms with Gasteiger partial charge in [-0.2, -0.15) is 0 Å². The van der Waals surface area contributed by atoms with E-state index in [-0.39, 0.29) is 18.6 Å². The van der Waals surface area contributed by atoms with Crippen LogP contribution in [0, 0.1) is 17.3 Å². The topological polar surface area (TPSA) is 52.9 Å². The van der Waals surface area contributed by atoms with Gasteiger partial charge in [0.15, 0.2) is 0 Å². The van der Waals surface area contributed by atoms with Gasteiger partial charge in [0.25, 0.3) is 0 Å². The Morgan fingerprint density at radius 3 is 2.35 bits per heavy atom. The highest BCUT2D eigenvalue weighted by Crippen LogP contribution is 2.61. The maximum atomic E-state index is 9.39. The first-order valence-electron chi connectivity index (χ1n) is 7.42. The molecule has 0 spiro atoms. The van der Waals surface area contributed by atoms with Gasteiger partial charge in [0.05, 0.1) is 19.8 Å². The zero-order valence-corrected chi connectivity index (χ0v) is 11.7. The monoisotopic (exact) mass is 277 g/mol. The molecule has 2 atom stereocenters. The molecule has 20 heavy (non-hydrogen) atoms. The fourth-order valence-electron chi connectivity index (χ4n) is 3.62. The van der Waals surface area contributed by atoms with E-state index >= 15 is 0 Å². The number of likely N-dealkylation sites (tertiary alicyclic amines) is 1. The van der Waals surface area contributed by atoms with E-state index < -0.39 is 0 Å². The molecule has 1 saturated carbocycles. The predicted octanol–water partition coefficient (Wildman–Crippen LogP) is 0.988. The lowest BCUT2D eigenvalue weighted by atomic mass is 10.0. The molecule has 2 aliphatic rings. The molecule has 3 rings (SSSR count). The van der Waals surface area contributed by atoms with Crippen molar-refractivity contribution in [3.05, 3.63) is 30.3 Å². The van der Waals surface area contributed by atoms with Gasteiger partial charge in [-0.25, -0.2) is 0 Å². The molecule has 4 heteroatoms. The summed E-state index contributed by atoms with van der Waals surface area (Å²) in [5.41, 5.74) is -0.170. The van der Waals surface area contributed by atoms with Crippen molar-refractivity contribution in [3.63, 3.8) is 0 Å². The molecule has 0 bridgehead atoms. The number of para-hydroxylation sites is 1. The van der Waals surface area contributed by atoms with E-state index in [4.69, 9.17) is 4.74 Å². The SMILES string of the molecule is OCC1(CO)C2CN(CCCOc3ccccc3)CC21. The Kier molecular flexibility index (Phi) is 3.96. The number of aliphatic hydroxyl groups is 2. The van der Waals surface area contributed by atoms with Crippen molar-refractivity contribution in [2.75, 3.05) is 39.5 Å². The van der Waals surface area contributed by atoms with Crippen LogP contribution >= 0.6 is 0 Å². The van der Waals surface area contributed by atoms with Crippen LogP contribution in [0.3, 0.4) is 0 Å². The standard InChI is InChI=1S/C16H23NO3/c18-11-16(12-19)14-9-17(10-15(14)16)7-4-8-20-13-5-2-1-3-6-13/h1-3,5-6,14-15,18-19H,4,7-12H2. The molecule has 1 aromatic rings. The Balaban J connectivity index is 1.34. The summed E-state index contributed by atoms with van der Waals surface area (Å²) in [5.74, 6) is 1.91. The molecule has 2 fully saturated rings. The number of aliphatic hydroxyl groups excluding tert-OH is 2. The first-order valence-corrected chi connectivity index (χ1v) is 7.42. The molecular formula is C16H23NO3. The Morgan fingerprint density at radius 1 is 1.10 bits per heavy atom. The van der Waals surface area contributed by atoms with Gasteiger partial charge in [-0.1, -0.05) is 18.2 Å². The van der Waals surface area contributed by atoms with E-state index in [9.17, 15) is 10.2 Å². The lowest BCUT2D eigenvalue weighted by molar-refractivity contribution is 0.0870. The molecule has 110 valence electrons. The number of hydrogen-bond donors (Lipinski definition) is 2. The van der Waals surface area contributed by atoms with Crippen LogP contribution in [0.2, 0.25) is 0 Å². The van der Waals surface area contributed by atoms with Crippen molar-refractivity contribution in [2.24, 2.45) is 17.3 Å². The molecule has 2 N–H and O–H groups in total. The number of fused-ring (bicyclic) bond motifs is 1. The number of piperidine rings is 1. The summed E-state index contributed by atoms with van der Waals surface area (Å²) >= 11 is 0. The maximum absolute atomic E-state index is 9.39. The minimum absolute atomic E-state index is 0.129. The highest BCUT2D eigenvalue weighted by molar-refractivity contribution is 5.20. The van der Waals surface area contributed by atoms with Crippen LogP contribution in [-0.4, -0.2) is 54.6 Å². The average Bonchev–Trinajstić information content (AvgIpc) is 2.87. The number of ether oxygens (including phenoxy) is 1. The third kappa shape index (κ3) is 2.43. The van der Waals surface area contributed by atoms with Gasteiger partial charge in [-0.05, 0) is 30.4 Å². The summed E-state index contributed by atoms with van der Waals surface area (Å²) in [6.07, 6.45) is 1.01. The molecular weight excluding hydrogens is 254 g/mol. The molecule has 1 heterocycles. The van der Waals surface area contributed by atoms with E-state index in [0.29, 0.717) is 11.8 Å². The van der Waals surface area contributed by atoms with Gasteiger partial charge in [0.1, 0.15) is 5.75 Å². The summed E-state index contributed by atoms with van der Waals surface area (Å²) in [7, 11) is 0. The molecule has 1 aliphatic heterocycles. The van der Waals surface area contributed by atoms with Crippen LogP contribution in [0.1, 0.15) is 6.42 Å². The van der Waals surface area contributed by atoms with E-state index in [1.54, 1.807) is 0 Å². The third-order valence-electron chi connectivity index (χ3n) is 4.98. The van der Waals surface area contributed by atoms with Crippen molar-refractivity contribution < 1.29 is 14.9 Å². The molecule has 4 nitrogen and oxygen atoms in total. The molecule has 1 saturated heterocycles. The van der Waals surface area contributed by atoms with Crippen molar-refractivity contribution in [3.8, 4) is 5.75 Å². The Hall–Kier alpha value is -1.10. The van der Waals surface area contributed by atoms with E-state index in [1.165, 1.54) is 0 Å². The Morgan fingerprint density at radius 2 is 1.75 bits per heavy atom. The number of benzene rings is 1. The van der Waals surface area contributed by atoms with E-state index in [1.807, 2.05) is 30.3 Å². The van der Waals surface area contributed by atoms with Gasteiger partial charge in [0.2, 0.25) is 0 Å². The second-order valence-electron chi connectivity index (χ2n) is 6.04. The van der Waals surface area contributed by atoms with Gasteiger partial charge < -0.3 is 19.8 Å². The predicted molar refractivity (Wildman–Crippen MR) is 76.6 cm³/mol. The normalized spacial score (nSPS) is 27.3. The second-order valence-corrected chi connectivity index (χ2v) is 6.04. The Labute approximate surface area is 120 Å². The summed E-state index contributed by atoms with van der Waals surface area (Å²) in [6.45, 7) is 4.05. The zero-order valence-electron chi connectivity index (χ0n) is 11.7. The van der Waals surface area contributed by atoms with Crippen molar-refractivity contribution >= 4 is 0 Å². The number of nitrogens with zero attached hydrogens (tertiary/aromatic N) is 1. The van der Waals surface area contributed by atoms with Crippen molar-refractivity contribution in [1.29, 1.82) is 0 Å². The minimum Gasteiger partial charge on any atom is -0.494 e. The van der Waals surface area contributed by atoms with Crippen LogP contribution in [-0.2, 0) is 0 Å². The smallest absolute Gasteiger partial charge is 0.119 e. The molecule has 0 radical (unpaired) electrons. The summed E-state index contributed by atoms with van der Waals surface area (Å²) < 4.78 is 5.68. The van der Waals surface area contributed by atoms with Crippen LogP contribution in [0.25, 0.3) is 0 Å². The van der Waals surface area contributed by atoms with Gasteiger partial charge in [-0.15, -0.1) is 0 Å². The first kappa shape index (κ1) is 13.9. The maximum Gasteiger partial charge on any atom is 0.119 e. The fraction of sp³-hybridized carbons (Fsp3) is 0.625. The molecule has 0 aromatic heterocycles. The van der Waals surface area contributed by atoms with Crippen molar-refractivity contribution in [2.45, 2.75) is 6.42 Å². The lowest BCUT2D eigenvalue weighted by Crippen LogP contribution is -2.33. The average molecular weight is 277 g/mol. The number of rotatable bonds is 7. The number of hydrogen-bond acceptors (Lipinski definition) is 4. The van der Waals surface area contributed by atoms with E-state index in [2.05, 4.69) is 4.90 Å². The molecule has 1 aliphatic carbocycles. The fourth-order valence-corrected chi connectivity index (χ4v) is 3.62. The third-order valence-corrected chi connectivity index (χ3v) is 4.98. The van der Waals surface area contributed by atoms with Crippen LogP contribution in [0.4, 0.5) is 0 Å². The first-order chi connectivity index (χ1) is 9.80. The summed E-state index contributed by atoms with van der Waals surface area (Å²) in [5, 5.41) is 18.8.